The van der Waals surface area contributed by atoms with Crippen LogP contribution in [0.25, 0.3) is 0 Å². The van der Waals surface area contributed by atoms with Crippen molar-refractivity contribution in [2.24, 2.45) is 0 Å². The fraction of sp³-hybridized carbons (Fsp3) is 0.625. The number of hydrogen-bond donors (Lipinski definition) is 1. The maximum absolute atomic E-state index is 9.94. The fourth-order valence-electron chi connectivity index (χ4n) is 1.87. The summed E-state index contributed by atoms with van der Waals surface area (Å²) in [7, 11) is 0. The molecule has 0 aliphatic rings. The molecule has 0 radical (unpaired) electrons. The molecule has 1 aromatic rings. The second-order valence-electron chi connectivity index (χ2n) is 5.03. The molecule has 0 amide bonds. The van der Waals surface area contributed by atoms with Gasteiger partial charge in [0.2, 0.25) is 0 Å². The zero-order valence-corrected chi connectivity index (χ0v) is 11.9. The smallest absolute Gasteiger partial charge is 0.0602 e. The zero-order chi connectivity index (χ0) is 13.4. The van der Waals surface area contributed by atoms with Gasteiger partial charge in [-0.1, -0.05) is 31.5 Å². The number of hydrogen-bond acceptors (Lipinski definition) is 2. The maximum Gasteiger partial charge on any atom is 0.0602 e. The van der Waals surface area contributed by atoms with E-state index in [2.05, 4.69) is 39.0 Å². The summed E-state index contributed by atoms with van der Waals surface area (Å²) in [6.07, 6.45) is 3.40. The van der Waals surface area contributed by atoms with Crippen molar-refractivity contribution in [3.63, 3.8) is 0 Å². The van der Waals surface area contributed by atoms with Gasteiger partial charge in [0.25, 0.3) is 0 Å². The van der Waals surface area contributed by atoms with E-state index in [0.717, 1.165) is 32.3 Å². The molecule has 2 heteroatoms. The van der Waals surface area contributed by atoms with E-state index >= 15 is 0 Å². The van der Waals surface area contributed by atoms with Crippen molar-refractivity contribution in [2.45, 2.75) is 52.6 Å². The number of unbranched alkanes of at least 4 members (excludes halogenated alkanes) is 1. The molecular weight excluding hydrogens is 224 g/mol. The van der Waals surface area contributed by atoms with Crippen molar-refractivity contribution >= 4 is 0 Å². The molecular formula is C16H26O2. The van der Waals surface area contributed by atoms with Gasteiger partial charge in [-0.15, -0.1) is 0 Å². The third-order valence-electron chi connectivity index (χ3n) is 3.28. The van der Waals surface area contributed by atoms with Crippen LogP contribution in [-0.2, 0) is 11.2 Å². The second-order valence-corrected chi connectivity index (χ2v) is 5.03. The average Bonchev–Trinajstić information content (AvgIpc) is 2.34. The first kappa shape index (κ1) is 15.2. The maximum atomic E-state index is 9.94. The molecule has 0 saturated heterocycles. The summed E-state index contributed by atoms with van der Waals surface area (Å²) >= 11 is 0. The largest absolute Gasteiger partial charge is 0.393 e. The highest BCUT2D eigenvalue weighted by Crippen LogP contribution is 2.12. The highest BCUT2D eigenvalue weighted by molar-refractivity contribution is 5.30. The van der Waals surface area contributed by atoms with Crippen LogP contribution in [0.2, 0.25) is 0 Å². The van der Waals surface area contributed by atoms with Gasteiger partial charge in [0.1, 0.15) is 0 Å². The van der Waals surface area contributed by atoms with Crippen LogP contribution >= 0.6 is 0 Å². The summed E-state index contributed by atoms with van der Waals surface area (Å²) in [5, 5.41) is 9.94. The first-order chi connectivity index (χ1) is 8.63. The van der Waals surface area contributed by atoms with E-state index in [9.17, 15) is 5.11 Å². The lowest BCUT2D eigenvalue weighted by Crippen LogP contribution is -2.14. The molecule has 1 unspecified atom stereocenters. The molecule has 0 heterocycles. The summed E-state index contributed by atoms with van der Waals surface area (Å²) < 4.78 is 5.47. The molecule has 0 spiro atoms. The molecule has 0 bridgehead atoms. The SMILES string of the molecule is CCCCOCCC(O)Cc1ccc(C)c(C)c1. The Morgan fingerprint density at radius 2 is 1.94 bits per heavy atom. The first-order valence-electron chi connectivity index (χ1n) is 6.95. The van der Waals surface area contributed by atoms with E-state index < -0.39 is 0 Å². The lowest BCUT2D eigenvalue weighted by Gasteiger charge is -2.12. The van der Waals surface area contributed by atoms with Crippen molar-refractivity contribution in [2.75, 3.05) is 13.2 Å². The Hall–Kier alpha value is -0.860. The van der Waals surface area contributed by atoms with Gasteiger partial charge < -0.3 is 9.84 Å². The second kappa shape index (κ2) is 8.28. The molecule has 0 aromatic heterocycles. The lowest BCUT2D eigenvalue weighted by molar-refractivity contribution is 0.0807. The van der Waals surface area contributed by atoms with E-state index in [-0.39, 0.29) is 6.10 Å². The number of aliphatic hydroxyl groups excluding tert-OH is 1. The molecule has 1 rings (SSSR count). The summed E-state index contributed by atoms with van der Waals surface area (Å²) in [5.74, 6) is 0. The van der Waals surface area contributed by atoms with Crippen molar-refractivity contribution < 1.29 is 9.84 Å². The summed E-state index contributed by atoms with van der Waals surface area (Å²) in [6.45, 7) is 7.84. The normalized spacial score (nSPS) is 12.7. The summed E-state index contributed by atoms with van der Waals surface area (Å²) in [6, 6.07) is 6.38. The topological polar surface area (TPSA) is 29.5 Å². The van der Waals surface area contributed by atoms with Gasteiger partial charge in [-0.25, -0.2) is 0 Å². The summed E-state index contributed by atoms with van der Waals surface area (Å²) in [5.41, 5.74) is 3.80. The Bertz CT molecular complexity index is 347. The van der Waals surface area contributed by atoms with Gasteiger partial charge in [-0.3, -0.25) is 0 Å². The molecule has 0 aliphatic carbocycles. The Morgan fingerprint density at radius 3 is 2.61 bits per heavy atom. The Balaban J connectivity index is 2.26. The number of benzene rings is 1. The predicted molar refractivity (Wildman–Crippen MR) is 76.0 cm³/mol. The Morgan fingerprint density at radius 1 is 1.17 bits per heavy atom. The number of rotatable bonds is 8. The highest BCUT2D eigenvalue weighted by Gasteiger charge is 2.06. The van der Waals surface area contributed by atoms with Crippen LogP contribution in [0.15, 0.2) is 18.2 Å². The minimum absolute atomic E-state index is 0.297. The number of aliphatic hydroxyl groups is 1. The van der Waals surface area contributed by atoms with Gasteiger partial charge >= 0.3 is 0 Å². The molecule has 0 fully saturated rings. The lowest BCUT2D eigenvalue weighted by atomic mass is 10.0. The molecule has 1 N–H and O–H groups in total. The summed E-state index contributed by atoms with van der Waals surface area (Å²) in [4.78, 5) is 0. The van der Waals surface area contributed by atoms with Gasteiger partial charge in [0.15, 0.2) is 0 Å². The van der Waals surface area contributed by atoms with E-state index in [0.29, 0.717) is 6.61 Å². The van der Waals surface area contributed by atoms with Crippen molar-refractivity contribution in [3.8, 4) is 0 Å². The molecule has 2 nitrogen and oxygen atoms in total. The van der Waals surface area contributed by atoms with Gasteiger partial charge in [-0.2, -0.15) is 0 Å². The minimum Gasteiger partial charge on any atom is -0.393 e. The van der Waals surface area contributed by atoms with Crippen LogP contribution in [0.5, 0.6) is 0 Å². The van der Waals surface area contributed by atoms with Crippen LogP contribution in [-0.4, -0.2) is 24.4 Å². The van der Waals surface area contributed by atoms with Crippen LogP contribution in [0.1, 0.15) is 42.9 Å². The van der Waals surface area contributed by atoms with Crippen LogP contribution in [0, 0.1) is 13.8 Å². The Kier molecular flexibility index (Phi) is 6.99. The molecule has 18 heavy (non-hydrogen) atoms. The van der Waals surface area contributed by atoms with E-state index in [1.54, 1.807) is 0 Å². The molecule has 102 valence electrons. The Labute approximate surface area is 111 Å². The van der Waals surface area contributed by atoms with E-state index in [1.165, 1.54) is 16.7 Å². The third-order valence-corrected chi connectivity index (χ3v) is 3.28. The average molecular weight is 250 g/mol. The number of aryl methyl sites for hydroxylation is 2. The quantitative estimate of drug-likeness (QED) is 0.716. The van der Waals surface area contributed by atoms with Crippen molar-refractivity contribution in [1.29, 1.82) is 0 Å². The third kappa shape index (κ3) is 5.65. The highest BCUT2D eigenvalue weighted by atomic mass is 16.5. The van der Waals surface area contributed by atoms with E-state index in [4.69, 9.17) is 4.74 Å². The van der Waals surface area contributed by atoms with E-state index in [1.807, 2.05) is 0 Å². The first-order valence-corrected chi connectivity index (χ1v) is 6.95. The van der Waals surface area contributed by atoms with Crippen molar-refractivity contribution in [3.05, 3.63) is 34.9 Å². The number of ether oxygens (including phenoxy) is 1. The minimum atomic E-state index is -0.297. The fourth-order valence-corrected chi connectivity index (χ4v) is 1.87. The molecule has 0 saturated carbocycles. The van der Waals surface area contributed by atoms with Crippen LogP contribution in [0.4, 0.5) is 0 Å². The van der Waals surface area contributed by atoms with Gasteiger partial charge in [-0.05, 0) is 49.8 Å². The standard InChI is InChI=1S/C16H26O2/c1-4-5-9-18-10-8-16(17)12-15-7-6-13(2)14(3)11-15/h6-7,11,16-17H,4-5,8-10,12H2,1-3H3. The zero-order valence-electron chi connectivity index (χ0n) is 11.9. The van der Waals surface area contributed by atoms with Crippen molar-refractivity contribution in [1.82, 2.24) is 0 Å². The van der Waals surface area contributed by atoms with Crippen LogP contribution < -0.4 is 0 Å². The monoisotopic (exact) mass is 250 g/mol. The van der Waals surface area contributed by atoms with Gasteiger partial charge in [0.05, 0.1) is 6.10 Å². The predicted octanol–water partition coefficient (Wildman–Crippen LogP) is 3.41. The van der Waals surface area contributed by atoms with Crippen LogP contribution in [0.3, 0.4) is 0 Å². The molecule has 1 aromatic carbocycles. The molecule has 0 aliphatic heterocycles. The molecule has 1 atom stereocenters. The van der Waals surface area contributed by atoms with Gasteiger partial charge in [0, 0.05) is 13.2 Å².